The Hall–Kier alpha value is -1.06. The Morgan fingerprint density at radius 3 is 1.50 bits per heavy atom. The Morgan fingerprint density at radius 1 is 0.750 bits per heavy atom. The van der Waals surface area contributed by atoms with Gasteiger partial charge in [0.1, 0.15) is 11.4 Å². The largest absolute Gasteiger partial charge is 0.411 e. The fourth-order valence-corrected chi connectivity index (χ4v) is 1.44. The minimum Gasteiger partial charge on any atom is -0.411 e. The lowest BCUT2D eigenvalue weighted by atomic mass is 9.98. The normalized spacial score (nSPS) is 27.0. The van der Waals surface area contributed by atoms with Gasteiger partial charge in [-0.1, -0.05) is 23.2 Å². The van der Waals surface area contributed by atoms with Crippen LogP contribution in [0.4, 0.5) is 0 Å². The van der Waals surface area contributed by atoms with Crippen molar-refractivity contribution in [3.8, 4) is 0 Å². The van der Waals surface area contributed by atoms with Crippen molar-refractivity contribution in [1.29, 1.82) is 0 Å². The molecule has 0 radical (unpaired) electrons. The van der Waals surface area contributed by atoms with Crippen LogP contribution in [0.25, 0.3) is 0 Å². The zero-order valence-corrected chi connectivity index (χ0v) is 7.03. The molecule has 0 aromatic carbocycles. The highest BCUT2D eigenvalue weighted by atomic mass is 16.4. The highest BCUT2D eigenvalue weighted by Gasteiger charge is 2.12. The second-order valence-electron chi connectivity index (χ2n) is 3.01. The molecule has 0 spiro atoms. The Morgan fingerprint density at radius 2 is 1.17 bits per heavy atom. The van der Waals surface area contributed by atoms with Gasteiger partial charge < -0.3 is 10.4 Å². The van der Waals surface area contributed by atoms with Crippen LogP contribution in [0.1, 0.15) is 38.5 Å². The summed E-state index contributed by atoms with van der Waals surface area (Å²) in [6.07, 6.45) is 5.79. The third kappa shape index (κ3) is 2.22. The molecule has 4 heteroatoms. The molecule has 1 fully saturated rings. The van der Waals surface area contributed by atoms with E-state index in [1.165, 1.54) is 0 Å². The van der Waals surface area contributed by atoms with Gasteiger partial charge in [0.15, 0.2) is 0 Å². The Labute approximate surface area is 71.6 Å². The predicted molar refractivity (Wildman–Crippen MR) is 46.1 cm³/mol. The SMILES string of the molecule is O/N=C1\CCCCCC\C1=N/O. The van der Waals surface area contributed by atoms with Crippen LogP contribution in [0.15, 0.2) is 10.3 Å². The van der Waals surface area contributed by atoms with E-state index >= 15 is 0 Å². The van der Waals surface area contributed by atoms with Crippen LogP contribution >= 0.6 is 0 Å². The molecular weight excluding hydrogens is 156 g/mol. The lowest BCUT2D eigenvalue weighted by Crippen LogP contribution is -2.16. The molecule has 1 aliphatic carbocycles. The molecule has 0 aromatic rings. The number of oxime groups is 2. The quantitative estimate of drug-likeness (QED) is 0.431. The second kappa shape index (κ2) is 4.74. The lowest BCUT2D eigenvalue weighted by Gasteiger charge is -2.10. The van der Waals surface area contributed by atoms with Crippen LogP contribution in [0.3, 0.4) is 0 Å². The topological polar surface area (TPSA) is 65.2 Å². The molecule has 0 aliphatic heterocycles. The van der Waals surface area contributed by atoms with E-state index in [2.05, 4.69) is 10.3 Å². The molecule has 0 amide bonds. The molecule has 4 nitrogen and oxygen atoms in total. The van der Waals surface area contributed by atoms with Crippen molar-refractivity contribution in [2.75, 3.05) is 0 Å². The van der Waals surface area contributed by atoms with E-state index in [1.807, 2.05) is 0 Å². The maximum Gasteiger partial charge on any atom is 0.104 e. The molecular formula is C8H14N2O2. The summed E-state index contributed by atoms with van der Waals surface area (Å²) in [5, 5.41) is 23.5. The van der Waals surface area contributed by atoms with Crippen molar-refractivity contribution in [3.05, 3.63) is 0 Å². The molecule has 2 N–H and O–H groups in total. The van der Waals surface area contributed by atoms with E-state index in [9.17, 15) is 0 Å². The molecule has 1 aliphatic rings. The van der Waals surface area contributed by atoms with Crippen molar-refractivity contribution in [2.24, 2.45) is 10.3 Å². The summed E-state index contributed by atoms with van der Waals surface area (Å²) in [4.78, 5) is 0. The fraction of sp³-hybridized carbons (Fsp3) is 0.750. The van der Waals surface area contributed by atoms with Gasteiger partial charge in [-0.2, -0.15) is 0 Å². The zero-order chi connectivity index (χ0) is 8.81. The summed E-state index contributed by atoms with van der Waals surface area (Å²) >= 11 is 0. The first-order chi connectivity index (χ1) is 5.88. The smallest absolute Gasteiger partial charge is 0.104 e. The van der Waals surface area contributed by atoms with Crippen LogP contribution in [0, 0.1) is 0 Å². The standard InChI is InChI=1S/C8H14N2O2/c11-9-7-5-3-1-2-4-6-8(7)10-12/h11-12H,1-6H2/b9-7+,10-8+. The van der Waals surface area contributed by atoms with Crippen molar-refractivity contribution < 1.29 is 10.4 Å². The van der Waals surface area contributed by atoms with Crippen molar-refractivity contribution in [2.45, 2.75) is 38.5 Å². The van der Waals surface area contributed by atoms with Crippen molar-refractivity contribution in [3.63, 3.8) is 0 Å². The van der Waals surface area contributed by atoms with Crippen molar-refractivity contribution >= 4 is 11.4 Å². The van der Waals surface area contributed by atoms with Gasteiger partial charge in [-0.25, -0.2) is 0 Å². The van der Waals surface area contributed by atoms with Gasteiger partial charge in [-0.3, -0.25) is 0 Å². The maximum atomic E-state index is 8.61. The third-order valence-electron chi connectivity index (χ3n) is 2.15. The maximum absolute atomic E-state index is 8.61. The predicted octanol–water partition coefficient (Wildman–Crippen LogP) is 2.00. The number of hydrogen-bond acceptors (Lipinski definition) is 4. The minimum absolute atomic E-state index is 0.539. The van der Waals surface area contributed by atoms with E-state index in [-0.39, 0.29) is 0 Å². The summed E-state index contributed by atoms with van der Waals surface area (Å²) in [7, 11) is 0. The van der Waals surface area contributed by atoms with Gasteiger partial charge in [0, 0.05) is 0 Å². The minimum atomic E-state index is 0.539. The van der Waals surface area contributed by atoms with Crippen LogP contribution in [0.2, 0.25) is 0 Å². The molecule has 0 bridgehead atoms. The summed E-state index contributed by atoms with van der Waals surface area (Å²) in [5.74, 6) is 0. The average molecular weight is 170 g/mol. The number of hydrogen-bond donors (Lipinski definition) is 2. The first kappa shape index (κ1) is 9.03. The molecule has 68 valence electrons. The monoisotopic (exact) mass is 170 g/mol. The molecule has 1 rings (SSSR count). The lowest BCUT2D eigenvalue weighted by molar-refractivity contribution is 0.311. The molecule has 0 heterocycles. The third-order valence-corrected chi connectivity index (χ3v) is 2.15. The van der Waals surface area contributed by atoms with E-state index in [0.29, 0.717) is 11.4 Å². The fourth-order valence-electron chi connectivity index (χ4n) is 1.44. The van der Waals surface area contributed by atoms with E-state index in [0.717, 1.165) is 38.5 Å². The Bertz CT molecular complexity index is 177. The highest BCUT2D eigenvalue weighted by Crippen LogP contribution is 2.13. The summed E-state index contributed by atoms with van der Waals surface area (Å²) in [6, 6.07) is 0. The zero-order valence-electron chi connectivity index (χ0n) is 7.03. The van der Waals surface area contributed by atoms with Crippen LogP contribution in [0.5, 0.6) is 0 Å². The molecule has 0 aromatic heterocycles. The number of rotatable bonds is 0. The van der Waals surface area contributed by atoms with Gasteiger partial charge >= 0.3 is 0 Å². The van der Waals surface area contributed by atoms with E-state index < -0.39 is 0 Å². The second-order valence-corrected chi connectivity index (χ2v) is 3.01. The molecule has 1 saturated carbocycles. The van der Waals surface area contributed by atoms with E-state index in [4.69, 9.17) is 10.4 Å². The Balaban J connectivity index is 2.65. The van der Waals surface area contributed by atoms with Crippen LogP contribution in [-0.4, -0.2) is 21.8 Å². The van der Waals surface area contributed by atoms with Crippen molar-refractivity contribution in [1.82, 2.24) is 0 Å². The highest BCUT2D eigenvalue weighted by molar-refractivity contribution is 6.42. The van der Waals surface area contributed by atoms with Gasteiger partial charge in [0.25, 0.3) is 0 Å². The average Bonchev–Trinajstić information content (AvgIpc) is 2.05. The van der Waals surface area contributed by atoms with Crippen LogP contribution < -0.4 is 0 Å². The molecule has 0 saturated heterocycles. The first-order valence-corrected chi connectivity index (χ1v) is 4.30. The van der Waals surface area contributed by atoms with E-state index in [1.54, 1.807) is 0 Å². The molecule has 12 heavy (non-hydrogen) atoms. The molecule has 0 unspecified atom stereocenters. The van der Waals surface area contributed by atoms with Gasteiger partial charge in [0.2, 0.25) is 0 Å². The first-order valence-electron chi connectivity index (χ1n) is 4.30. The summed E-state index contributed by atoms with van der Waals surface area (Å²) in [5.41, 5.74) is 1.08. The number of nitrogens with zero attached hydrogens (tertiary/aromatic N) is 2. The Kier molecular flexibility index (Phi) is 3.57. The van der Waals surface area contributed by atoms with Gasteiger partial charge in [-0.15, -0.1) is 0 Å². The summed E-state index contributed by atoms with van der Waals surface area (Å²) in [6.45, 7) is 0. The van der Waals surface area contributed by atoms with Gasteiger partial charge in [-0.05, 0) is 25.7 Å². The summed E-state index contributed by atoms with van der Waals surface area (Å²) < 4.78 is 0. The van der Waals surface area contributed by atoms with Gasteiger partial charge in [0.05, 0.1) is 0 Å². The van der Waals surface area contributed by atoms with Crippen LogP contribution in [-0.2, 0) is 0 Å². The molecule has 0 atom stereocenters.